The highest BCUT2D eigenvalue weighted by Crippen LogP contribution is 2.32. The number of aliphatic hydroxyl groups excluding tert-OH is 1. The molecule has 5 nitrogen and oxygen atoms in total. The Bertz CT molecular complexity index is 741. The molecule has 2 heterocycles. The molecule has 2 fully saturated rings. The van der Waals surface area contributed by atoms with Crippen molar-refractivity contribution in [3.05, 3.63) is 36.5 Å². The lowest BCUT2D eigenvalue weighted by molar-refractivity contribution is -0.144. The van der Waals surface area contributed by atoms with Crippen molar-refractivity contribution in [1.29, 1.82) is 0 Å². The molecular weight excluding hydrogens is 316 g/mol. The maximum Gasteiger partial charge on any atom is 0.224 e. The molecule has 1 aromatic heterocycles. The van der Waals surface area contributed by atoms with E-state index in [2.05, 4.69) is 29.0 Å². The summed E-state index contributed by atoms with van der Waals surface area (Å²) in [5, 5.41) is 11.4. The Morgan fingerprint density at radius 3 is 2.96 bits per heavy atom. The lowest BCUT2D eigenvalue weighted by Crippen LogP contribution is -2.53. The Kier molecular flexibility index (Phi) is 4.77. The Morgan fingerprint density at radius 2 is 2.12 bits per heavy atom. The number of aromatic nitrogens is 1. The number of para-hydroxylation sites is 1. The molecule has 0 spiro atoms. The lowest BCUT2D eigenvalue weighted by Gasteiger charge is -2.40. The van der Waals surface area contributed by atoms with E-state index in [-0.39, 0.29) is 24.0 Å². The van der Waals surface area contributed by atoms with Crippen LogP contribution in [0, 0.1) is 5.92 Å². The van der Waals surface area contributed by atoms with Gasteiger partial charge in [0.05, 0.1) is 25.4 Å². The van der Waals surface area contributed by atoms with Crippen LogP contribution in [0.2, 0.25) is 0 Å². The summed E-state index contributed by atoms with van der Waals surface area (Å²) in [6.07, 6.45) is 5.11. The van der Waals surface area contributed by atoms with Crippen LogP contribution in [0.4, 0.5) is 0 Å². The summed E-state index contributed by atoms with van der Waals surface area (Å²) < 4.78 is 7.77. The van der Waals surface area contributed by atoms with Gasteiger partial charge in [-0.1, -0.05) is 24.6 Å². The molecule has 0 radical (unpaired) electrons. The first kappa shape index (κ1) is 16.6. The summed E-state index contributed by atoms with van der Waals surface area (Å²) in [5.74, 6) is 0.335. The van der Waals surface area contributed by atoms with Gasteiger partial charge in [-0.05, 0) is 30.4 Å². The van der Waals surface area contributed by atoms with Crippen molar-refractivity contribution in [2.45, 2.75) is 44.4 Å². The molecule has 3 unspecified atom stereocenters. The van der Waals surface area contributed by atoms with E-state index in [9.17, 15) is 9.90 Å². The summed E-state index contributed by atoms with van der Waals surface area (Å²) >= 11 is 0. The number of aliphatic hydroxyl groups is 1. The zero-order valence-corrected chi connectivity index (χ0v) is 14.5. The van der Waals surface area contributed by atoms with Crippen molar-refractivity contribution < 1.29 is 14.6 Å². The van der Waals surface area contributed by atoms with Crippen LogP contribution in [-0.2, 0) is 16.1 Å². The fraction of sp³-hybridized carbons (Fsp3) is 0.550. The minimum absolute atomic E-state index is 0.0279. The number of fused-ring (bicyclic) bond motifs is 1. The van der Waals surface area contributed by atoms with Crippen LogP contribution < -0.4 is 0 Å². The second-order valence-corrected chi connectivity index (χ2v) is 7.21. The molecule has 2 aromatic rings. The van der Waals surface area contributed by atoms with E-state index in [1.165, 1.54) is 10.9 Å². The maximum absolute atomic E-state index is 12.9. The molecule has 1 saturated carbocycles. The molecule has 134 valence electrons. The number of carbonyl (C=O) groups excluding carboxylic acids is 1. The summed E-state index contributed by atoms with van der Waals surface area (Å²) in [6, 6.07) is 10.4. The molecule has 1 aliphatic heterocycles. The van der Waals surface area contributed by atoms with Crippen LogP contribution in [0.25, 0.3) is 10.9 Å². The van der Waals surface area contributed by atoms with Crippen molar-refractivity contribution in [2.24, 2.45) is 5.92 Å². The molecule has 1 saturated heterocycles. The quantitative estimate of drug-likeness (QED) is 0.928. The van der Waals surface area contributed by atoms with Crippen LogP contribution in [-0.4, -0.2) is 52.4 Å². The smallest absolute Gasteiger partial charge is 0.224 e. The molecule has 5 heteroatoms. The van der Waals surface area contributed by atoms with Gasteiger partial charge in [0.2, 0.25) is 5.91 Å². The van der Waals surface area contributed by atoms with Crippen molar-refractivity contribution >= 4 is 16.8 Å². The molecular formula is C20H26N2O3. The average Bonchev–Trinajstić information content (AvgIpc) is 3.26. The molecule has 4 rings (SSSR count). The van der Waals surface area contributed by atoms with E-state index >= 15 is 0 Å². The van der Waals surface area contributed by atoms with E-state index in [0.717, 1.165) is 19.3 Å². The minimum Gasteiger partial charge on any atom is -0.393 e. The van der Waals surface area contributed by atoms with Crippen LogP contribution >= 0.6 is 0 Å². The Labute approximate surface area is 148 Å². The third-order valence-electron chi connectivity index (χ3n) is 5.76. The van der Waals surface area contributed by atoms with Crippen LogP contribution in [0.1, 0.15) is 25.7 Å². The predicted octanol–water partition coefficient (Wildman–Crippen LogP) is 2.42. The second kappa shape index (κ2) is 7.18. The molecule has 1 aliphatic carbocycles. The fourth-order valence-electron chi connectivity index (χ4n) is 4.40. The highest BCUT2D eigenvalue weighted by molar-refractivity contribution is 5.80. The fourth-order valence-corrected chi connectivity index (χ4v) is 4.40. The largest absolute Gasteiger partial charge is 0.393 e. The van der Waals surface area contributed by atoms with Crippen molar-refractivity contribution in [3.63, 3.8) is 0 Å². The number of carbonyl (C=O) groups is 1. The highest BCUT2D eigenvalue weighted by atomic mass is 16.5. The van der Waals surface area contributed by atoms with E-state index in [1.807, 2.05) is 17.0 Å². The average molecular weight is 342 g/mol. The number of amides is 1. The topological polar surface area (TPSA) is 54.7 Å². The molecule has 1 amide bonds. The van der Waals surface area contributed by atoms with Crippen molar-refractivity contribution in [3.8, 4) is 0 Å². The van der Waals surface area contributed by atoms with Gasteiger partial charge in [0.25, 0.3) is 0 Å². The third kappa shape index (κ3) is 3.31. The first-order chi connectivity index (χ1) is 12.2. The number of aryl methyl sites for hydroxylation is 1. The van der Waals surface area contributed by atoms with Crippen LogP contribution in [0.3, 0.4) is 0 Å². The molecule has 1 aromatic carbocycles. The van der Waals surface area contributed by atoms with Crippen LogP contribution in [0.15, 0.2) is 36.5 Å². The number of rotatable bonds is 4. The summed E-state index contributed by atoms with van der Waals surface area (Å²) in [5.41, 5.74) is 1.17. The first-order valence-corrected chi connectivity index (χ1v) is 9.33. The zero-order chi connectivity index (χ0) is 17.2. The lowest BCUT2D eigenvalue weighted by atomic mass is 9.94. The number of ether oxygens (including phenoxy) is 1. The third-order valence-corrected chi connectivity index (χ3v) is 5.76. The Morgan fingerprint density at radius 1 is 1.24 bits per heavy atom. The Hall–Kier alpha value is -1.85. The van der Waals surface area contributed by atoms with Crippen molar-refractivity contribution in [1.82, 2.24) is 9.47 Å². The van der Waals surface area contributed by atoms with Gasteiger partial charge in [-0.3, -0.25) is 4.79 Å². The maximum atomic E-state index is 12.9. The molecule has 25 heavy (non-hydrogen) atoms. The van der Waals surface area contributed by atoms with Gasteiger partial charge in [0.1, 0.15) is 0 Å². The number of benzene rings is 1. The van der Waals surface area contributed by atoms with Crippen molar-refractivity contribution in [2.75, 3.05) is 19.8 Å². The monoisotopic (exact) mass is 342 g/mol. The molecule has 3 atom stereocenters. The van der Waals surface area contributed by atoms with E-state index in [0.29, 0.717) is 32.7 Å². The van der Waals surface area contributed by atoms with Crippen LogP contribution in [0.5, 0.6) is 0 Å². The van der Waals surface area contributed by atoms with E-state index in [4.69, 9.17) is 4.74 Å². The standard InChI is InChI=1S/C20H26N2O3/c23-19-7-3-5-16(19)18-14-25-13-12-22(18)20(24)9-11-21-10-8-15-4-1-2-6-17(15)21/h1-2,4,6,8,10,16,18-19,23H,3,5,7,9,11-14H2. The summed E-state index contributed by atoms with van der Waals surface area (Å²) in [6.45, 7) is 2.47. The van der Waals surface area contributed by atoms with Gasteiger partial charge in [-0.2, -0.15) is 0 Å². The first-order valence-electron chi connectivity index (χ1n) is 9.33. The van der Waals surface area contributed by atoms with Gasteiger partial charge in [-0.15, -0.1) is 0 Å². The Balaban J connectivity index is 1.44. The number of nitrogens with zero attached hydrogens (tertiary/aromatic N) is 2. The van der Waals surface area contributed by atoms with E-state index < -0.39 is 0 Å². The van der Waals surface area contributed by atoms with Gasteiger partial charge < -0.3 is 19.3 Å². The normalized spacial score (nSPS) is 27.1. The molecule has 1 N–H and O–H groups in total. The number of morpholine rings is 1. The summed E-state index contributed by atoms with van der Waals surface area (Å²) in [4.78, 5) is 14.8. The highest BCUT2D eigenvalue weighted by Gasteiger charge is 2.39. The zero-order valence-electron chi connectivity index (χ0n) is 14.5. The summed E-state index contributed by atoms with van der Waals surface area (Å²) in [7, 11) is 0. The molecule has 0 bridgehead atoms. The molecule has 2 aliphatic rings. The van der Waals surface area contributed by atoms with Gasteiger partial charge in [0.15, 0.2) is 0 Å². The van der Waals surface area contributed by atoms with Gasteiger partial charge in [0, 0.05) is 37.1 Å². The second-order valence-electron chi connectivity index (χ2n) is 7.21. The predicted molar refractivity (Wildman–Crippen MR) is 96.2 cm³/mol. The number of hydrogen-bond acceptors (Lipinski definition) is 3. The van der Waals surface area contributed by atoms with E-state index in [1.54, 1.807) is 0 Å². The minimum atomic E-state index is -0.296. The SMILES string of the molecule is O=C(CCn1ccc2ccccc21)N1CCOCC1C1CCCC1O. The van der Waals surface area contributed by atoms with Gasteiger partial charge >= 0.3 is 0 Å². The number of hydrogen-bond donors (Lipinski definition) is 1. The van der Waals surface area contributed by atoms with Gasteiger partial charge in [-0.25, -0.2) is 0 Å².